The Balaban J connectivity index is 2.36. The van der Waals surface area contributed by atoms with Crippen molar-refractivity contribution in [3.63, 3.8) is 0 Å². The number of rotatable bonds is 4. The van der Waals surface area contributed by atoms with E-state index in [1.54, 1.807) is 0 Å². The second kappa shape index (κ2) is 5.11. The Kier molecular flexibility index (Phi) is 3.51. The van der Waals surface area contributed by atoms with Crippen molar-refractivity contribution in [3.8, 4) is 0 Å². The van der Waals surface area contributed by atoms with Gasteiger partial charge in [0, 0.05) is 25.1 Å². The van der Waals surface area contributed by atoms with Gasteiger partial charge in [-0.15, -0.1) is 0 Å². The average molecular weight is 283 g/mol. The molecule has 1 aliphatic heterocycles. The van der Waals surface area contributed by atoms with Gasteiger partial charge in [0.15, 0.2) is 0 Å². The molecule has 1 aliphatic rings. The molecule has 0 spiro atoms. The van der Waals surface area contributed by atoms with Gasteiger partial charge < -0.3 is 15.7 Å². The second-order valence-electron chi connectivity index (χ2n) is 4.26. The van der Waals surface area contributed by atoms with Crippen LogP contribution in [0.5, 0.6) is 0 Å². The summed E-state index contributed by atoms with van der Waals surface area (Å²) in [5, 5.41) is 24.9. The van der Waals surface area contributed by atoms with Gasteiger partial charge in [-0.2, -0.15) is 0 Å². The zero-order valence-corrected chi connectivity index (χ0v) is 10.1. The van der Waals surface area contributed by atoms with Crippen LogP contribution in [0.3, 0.4) is 0 Å². The Morgan fingerprint density at radius 2 is 2.25 bits per heavy atom. The van der Waals surface area contributed by atoms with Crippen LogP contribution in [0.25, 0.3) is 0 Å². The lowest BCUT2D eigenvalue weighted by atomic mass is 10.1. The van der Waals surface area contributed by atoms with Crippen molar-refractivity contribution in [1.29, 1.82) is 0 Å². The first-order valence-electron chi connectivity index (χ1n) is 5.63. The number of halogens is 1. The maximum absolute atomic E-state index is 13.6. The van der Waals surface area contributed by atoms with E-state index in [1.807, 2.05) is 0 Å². The number of carboxylic acids is 1. The fraction of sp³-hybridized carbons (Fsp3) is 0.273. The number of hydrogen-bond acceptors (Lipinski definition) is 5. The van der Waals surface area contributed by atoms with Crippen LogP contribution in [0.1, 0.15) is 16.8 Å². The van der Waals surface area contributed by atoms with Crippen LogP contribution >= 0.6 is 0 Å². The molecule has 1 atom stereocenters. The molecule has 106 valence electrons. The van der Waals surface area contributed by atoms with Crippen molar-refractivity contribution in [1.82, 2.24) is 5.32 Å². The van der Waals surface area contributed by atoms with E-state index in [2.05, 4.69) is 10.6 Å². The quantitative estimate of drug-likeness (QED) is 0.553. The van der Waals surface area contributed by atoms with Gasteiger partial charge in [0.05, 0.1) is 11.0 Å². The van der Waals surface area contributed by atoms with E-state index in [1.165, 1.54) is 0 Å². The first-order valence-corrected chi connectivity index (χ1v) is 5.63. The van der Waals surface area contributed by atoms with Crippen LogP contribution < -0.4 is 10.6 Å². The number of carbonyl (C=O) groups is 2. The number of nitrogens with zero attached hydrogens (tertiary/aromatic N) is 1. The van der Waals surface area contributed by atoms with Crippen molar-refractivity contribution in [2.24, 2.45) is 0 Å². The molecule has 20 heavy (non-hydrogen) atoms. The summed E-state index contributed by atoms with van der Waals surface area (Å²) in [5.74, 6) is -2.88. The average Bonchev–Trinajstić information content (AvgIpc) is 2.74. The van der Waals surface area contributed by atoms with Crippen LogP contribution in [-0.4, -0.2) is 34.5 Å². The van der Waals surface area contributed by atoms with E-state index in [0.717, 1.165) is 6.07 Å². The molecule has 1 aromatic rings. The Hall–Kier alpha value is -2.71. The molecule has 0 aliphatic carbocycles. The van der Waals surface area contributed by atoms with Crippen molar-refractivity contribution in [3.05, 3.63) is 33.6 Å². The SMILES string of the molecule is O=C1CC(Nc2cc(F)c(C(=O)O)cc2[N+](=O)[O-])CN1. The maximum atomic E-state index is 13.6. The highest BCUT2D eigenvalue weighted by atomic mass is 19.1. The third kappa shape index (κ3) is 2.66. The molecule has 0 radical (unpaired) electrons. The summed E-state index contributed by atoms with van der Waals surface area (Å²) in [4.78, 5) is 31.9. The van der Waals surface area contributed by atoms with Gasteiger partial charge in [0.2, 0.25) is 5.91 Å². The van der Waals surface area contributed by atoms with Crippen LogP contribution in [-0.2, 0) is 4.79 Å². The standard InChI is InChI=1S/C11H10FN3O5/c12-7-3-8(14-5-1-10(16)13-4-5)9(15(19)20)2-6(7)11(17)18/h2-3,5,14H,1,4H2,(H,13,16)(H,17,18). The third-order valence-electron chi connectivity index (χ3n) is 2.85. The van der Waals surface area contributed by atoms with E-state index in [0.29, 0.717) is 6.07 Å². The molecule has 1 amide bonds. The Bertz CT molecular complexity index is 604. The number of anilines is 1. The molecule has 2 rings (SSSR count). The Morgan fingerprint density at radius 3 is 2.75 bits per heavy atom. The molecule has 8 nitrogen and oxygen atoms in total. The third-order valence-corrected chi connectivity index (χ3v) is 2.85. The van der Waals surface area contributed by atoms with Crippen LogP contribution in [0, 0.1) is 15.9 Å². The number of benzene rings is 1. The topological polar surface area (TPSA) is 122 Å². The smallest absolute Gasteiger partial charge is 0.338 e. The number of nitro benzene ring substituents is 1. The molecule has 1 aromatic carbocycles. The lowest BCUT2D eigenvalue weighted by molar-refractivity contribution is -0.384. The summed E-state index contributed by atoms with van der Waals surface area (Å²) in [6.07, 6.45) is 0.111. The number of carbonyl (C=O) groups excluding carboxylic acids is 1. The maximum Gasteiger partial charge on any atom is 0.338 e. The Morgan fingerprint density at radius 1 is 1.55 bits per heavy atom. The lowest BCUT2D eigenvalue weighted by Gasteiger charge is -2.12. The number of nitrogens with one attached hydrogen (secondary N) is 2. The highest BCUT2D eigenvalue weighted by Gasteiger charge is 2.26. The molecule has 0 saturated carbocycles. The molecule has 0 aromatic heterocycles. The van der Waals surface area contributed by atoms with Gasteiger partial charge in [-0.05, 0) is 0 Å². The van der Waals surface area contributed by atoms with Gasteiger partial charge >= 0.3 is 5.97 Å². The predicted molar refractivity (Wildman–Crippen MR) is 65.1 cm³/mol. The van der Waals surface area contributed by atoms with Crippen molar-refractivity contribution in [2.45, 2.75) is 12.5 Å². The second-order valence-corrected chi connectivity index (χ2v) is 4.26. The normalized spacial score (nSPS) is 17.6. The zero-order chi connectivity index (χ0) is 14.9. The molecule has 9 heteroatoms. The molecule has 1 unspecified atom stereocenters. The van der Waals surface area contributed by atoms with E-state index in [-0.39, 0.29) is 24.6 Å². The summed E-state index contributed by atoms with van der Waals surface area (Å²) < 4.78 is 13.6. The van der Waals surface area contributed by atoms with Crippen LogP contribution in [0.2, 0.25) is 0 Å². The largest absolute Gasteiger partial charge is 0.478 e. The molecular weight excluding hydrogens is 273 g/mol. The molecule has 1 saturated heterocycles. The number of aromatic carboxylic acids is 1. The van der Waals surface area contributed by atoms with Gasteiger partial charge in [0.1, 0.15) is 17.1 Å². The summed E-state index contributed by atoms with van der Waals surface area (Å²) in [7, 11) is 0. The van der Waals surface area contributed by atoms with Crippen LogP contribution in [0.15, 0.2) is 12.1 Å². The van der Waals surface area contributed by atoms with E-state index < -0.39 is 34.0 Å². The van der Waals surface area contributed by atoms with E-state index in [9.17, 15) is 24.1 Å². The fourth-order valence-electron chi connectivity index (χ4n) is 1.92. The Labute approximate surface area is 111 Å². The molecular formula is C11H10FN3O5. The lowest BCUT2D eigenvalue weighted by Crippen LogP contribution is -2.23. The zero-order valence-electron chi connectivity index (χ0n) is 10.1. The minimum absolute atomic E-state index is 0.111. The summed E-state index contributed by atoms with van der Waals surface area (Å²) >= 11 is 0. The first-order chi connectivity index (χ1) is 9.38. The van der Waals surface area contributed by atoms with E-state index >= 15 is 0 Å². The molecule has 1 fully saturated rings. The van der Waals surface area contributed by atoms with Crippen molar-refractivity contribution in [2.75, 3.05) is 11.9 Å². The molecule has 3 N–H and O–H groups in total. The predicted octanol–water partition coefficient (Wildman–Crippen LogP) is 0.733. The minimum Gasteiger partial charge on any atom is -0.478 e. The fourth-order valence-corrected chi connectivity index (χ4v) is 1.92. The van der Waals surface area contributed by atoms with Gasteiger partial charge in [-0.1, -0.05) is 0 Å². The first kappa shape index (κ1) is 13.7. The molecule has 1 heterocycles. The van der Waals surface area contributed by atoms with Crippen LogP contribution in [0.4, 0.5) is 15.8 Å². The number of carboxylic acid groups (broad SMARTS) is 1. The van der Waals surface area contributed by atoms with Crippen molar-refractivity contribution >= 4 is 23.3 Å². The molecule has 0 bridgehead atoms. The van der Waals surface area contributed by atoms with Gasteiger partial charge in [0.25, 0.3) is 5.69 Å². The monoisotopic (exact) mass is 283 g/mol. The van der Waals surface area contributed by atoms with Gasteiger partial charge in [-0.3, -0.25) is 14.9 Å². The minimum atomic E-state index is -1.59. The highest BCUT2D eigenvalue weighted by molar-refractivity contribution is 5.90. The van der Waals surface area contributed by atoms with Gasteiger partial charge in [-0.25, -0.2) is 9.18 Å². The van der Waals surface area contributed by atoms with E-state index in [4.69, 9.17) is 5.11 Å². The number of hydrogen-bond donors (Lipinski definition) is 3. The summed E-state index contributed by atoms with van der Waals surface area (Å²) in [6, 6.07) is 1.01. The van der Waals surface area contributed by atoms with Crippen molar-refractivity contribution < 1.29 is 24.0 Å². The number of nitro groups is 1. The summed E-state index contributed by atoms with van der Waals surface area (Å²) in [5.41, 5.74) is -1.48. The highest BCUT2D eigenvalue weighted by Crippen LogP contribution is 2.29. The number of amides is 1. The summed E-state index contributed by atoms with van der Waals surface area (Å²) in [6.45, 7) is 0.262.